The third kappa shape index (κ3) is 3.18. The molecule has 0 spiro atoms. The van der Waals surface area contributed by atoms with Crippen LogP contribution in [0, 0.1) is 19.7 Å². The molecule has 3 rings (SSSR count). The zero-order valence-electron chi connectivity index (χ0n) is 13.1. The molecule has 8 heteroatoms. The zero-order chi connectivity index (χ0) is 17.4. The largest absolute Gasteiger partial charge is 0.326 e. The van der Waals surface area contributed by atoms with Crippen molar-refractivity contribution < 1.29 is 9.18 Å². The number of aryl methyl sites for hydroxylation is 1. The first-order valence-electron chi connectivity index (χ1n) is 7.34. The maximum absolute atomic E-state index is 13.2. The van der Waals surface area contributed by atoms with E-state index in [9.17, 15) is 14.0 Å². The number of carbonyl (C=O) groups is 1. The van der Waals surface area contributed by atoms with Crippen molar-refractivity contribution in [3.8, 4) is 0 Å². The fourth-order valence-corrected chi connectivity index (χ4v) is 3.88. The number of halogens is 2. The second kappa shape index (κ2) is 6.57. The number of fused-ring (bicyclic) bond motifs is 1. The summed E-state index contributed by atoms with van der Waals surface area (Å²) in [4.78, 5) is 29.1. The molecule has 1 N–H and O–H groups in total. The maximum atomic E-state index is 13.2. The van der Waals surface area contributed by atoms with Gasteiger partial charge in [0.15, 0.2) is 5.16 Å². The molecule has 1 aromatic carbocycles. The molecule has 1 aromatic heterocycles. The van der Waals surface area contributed by atoms with Crippen molar-refractivity contribution in [2.24, 2.45) is 0 Å². The molecule has 0 saturated carbocycles. The lowest BCUT2D eigenvalue weighted by Crippen LogP contribution is -2.29. The highest BCUT2D eigenvalue weighted by Gasteiger charge is 2.28. The van der Waals surface area contributed by atoms with Crippen molar-refractivity contribution in [2.75, 3.05) is 11.1 Å². The number of hydrogen-bond acceptors (Lipinski definition) is 4. The second-order valence-corrected chi connectivity index (χ2v) is 7.02. The Balaban J connectivity index is 1.77. The van der Waals surface area contributed by atoms with Gasteiger partial charge in [-0.15, -0.1) is 0 Å². The monoisotopic (exact) mass is 367 g/mol. The highest BCUT2D eigenvalue weighted by atomic mass is 35.5. The average molecular weight is 368 g/mol. The van der Waals surface area contributed by atoms with E-state index < -0.39 is 5.82 Å². The number of aromatic nitrogens is 2. The number of anilines is 1. The highest BCUT2D eigenvalue weighted by Crippen LogP contribution is 2.32. The minimum absolute atomic E-state index is 0.0545. The lowest BCUT2D eigenvalue weighted by Gasteiger charge is -2.14. The molecule has 0 radical (unpaired) electrons. The molecular weight excluding hydrogens is 353 g/mol. The first-order chi connectivity index (χ1) is 11.4. The molecule has 1 amide bonds. The van der Waals surface area contributed by atoms with Crippen molar-refractivity contribution in [1.82, 2.24) is 9.55 Å². The van der Waals surface area contributed by atoms with E-state index in [0.717, 1.165) is 0 Å². The highest BCUT2D eigenvalue weighted by molar-refractivity contribution is 7.99. The van der Waals surface area contributed by atoms with Gasteiger partial charge in [0.25, 0.3) is 5.56 Å². The number of thioether (sulfide) groups is 1. The summed E-state index contributed by atoms with van der Waals surface area (Å²) >= 11 is 7.17. The number of rotatable bonds is 3. The summed E-state index contributed by atoms with van der Waals surface area (Å²) in [6, 6.07) is 3.74. The average Bonchev–Trinajstić information content (AvgIpc) is 2.91. The molecule has 0 saturated heterocycles. The number of nitrogens with zero attached hydrogens (tertiary/aromatic N) is 2. The van der Waals surface area contributed by atoms with Crippen LogP contribution in [0.25, 0.3) is 0 Å². The number of carbonyl (C=O) groups excluding carboxylic acids is 1. The molecule has 0 aliphatic carbocycles. The van der Waals surface area contributed by atoms with Gasteiger partial charge in [-0.25, -0.2) is 9.37 Å². The van der Waals surface area contributed by atoms with E-state index in [1.807, 2.05) is 0 Å². The van der Waals surface area contributed by atoms with Gasteiger partial charge in [-0.3, -0.25) is 14.2 Å². The topological polar surface area (TPSA) is 64.0 Å². The molecule has 1 aliphatic rings. The molecule has 1 unspecified atom stereocenters. The Morgan fingerprint density at radius 2 is 2.25 bits per heavy atom. The summed E-state index contributed by atoms with van der Waals surface area (Å²) < 4.78 is 14.7. The molecule has 5 nitrogen and oxygen atoms in total. The molecule has 2 heterocycles. The van der Waals surface area contributed by atoms with E-state index in [1.165, 1.54) is 30.0 Å². The van der Waals surface area contributed by atoms with Crippen molar-refractivity contribution in [3.63, 3.8) is 0 Å². The SMILES string of the molecule is Cc1nc2n(c(=O)c1C)C(CC(=O)Nc1ccc(F)c(Cl)c1)CS2. The Kier molecular flexibility index (Phi) is 4.64. The Labute approximate surface area is 147 Å². The minimum Gasteiger partial charge on any atom is -0.326 e. The van der Waals surface area contributed by atoms with Gasteiger partial charge in [-0.05, 0) is 32.0 Å². The molecule has 0 fully saturated rings. The van der Waals surface area contributed by atoms with Crippen LogP contribution in [0.4, 0.5) is 10.1 Å². The van der Waals surface area contributed by atoms with E-state index in [-0.39, 0.29) is 29.0 Å². The first-order valence-corrected chi connectivity index (χ1v) is 8.70. The number of nitrogens with one attached hydrogen (secondary N) is 1. The number of hydrogen-bond donors (Lipinski definition) is 1. The van der Waals surface area contributed by atoms with Crippen LogP contribution >= 0.6 is 23.4 Å². The van der Waals surface area contributed by atoms with Gasteiger partial charge in [-0.2, -0.15) is 0 Å². The summed E-state index contributed by atoms with van der Waals surface area (Å²) in [5.41, 5.74) is 1.62. The predicted molar refractivity (Wildman–Crippen MR) is 92.4 cm³/mol. The van der Waals surface area contributed by atoms with E-state index in [0.29, 0.717) is 27.9 Å². The van der Waals surface area contributed by atoms with Gasteiger partial charge in [0, 0.05) is 29.1 Å². The van der Waals surface area contributed by atoms with Crippen LogP contribution in [-0.2, 0) is 4.79 Å². The van der Waals surface area contributed by atoms with Crippen LogP contribution in [0.3, 0.4) is 0 Å². The summed E-state index contributed by atoms with van der Waals surface area (Å²) in [5.74, 6) is -0.191. The van der Waals surface area contributed by atoms with Gasteiger partial charge < -0.3 is 5.32 Å². The standard InChI is InChI=1S/C16H15ClFN3O2S/c1-8-9(2)19-16-21(15(8)23)11(7-24-16)6-14(22)20-10-3-4-13(18)12(17)5-10/h3-5,11H,6-7H2,1-2H3,(H,20,22). The summed E-state index contributed by atoms with van der Waals surface area (Å²) in [6.07, 6.45) is 0.138. The van der Waals surface area contributed by atoms with E-state index in [2.05, 4.69) is 10.3 Å². The maximum Gasteiger partial charge on any atom is 0.257 e. The Morgan fingerprint density at radius 3 is 2.96 bits per heavy atom. The Bertz CT molecular complexity index is 884. The Morgan fingerprint density at radius 1 is 1.50 bits per heavy atom. The lowest BCUT2D eigenvalue weighted by molar-refractivity contribution is -0.116. The number of benzene rings is 1. The van der Waals surface area contributed by atoms with Crippen molar-refractivity contribution in [2.45, 2.75) is 31.5 Å². The second-order valence-electron chi connectivity index (χ2n) is 5.63. The quantitative estimate of drug-likeness (QED) is 0.845. The van der Waals surface area contributed by atoms with Gasteiger partial charge in [0.1, 0.15) is 5.82 Å². The van der Waals surface area contributed by atoms with Crippen LogP contribution in [0.5, 0.6) is 0 Å². The van der Waals surface area contributed by atoms with Gasteiger partial charge in [-0.1, -0.05) is 23.4 Å². The molecule has 0 bridgehead atoms. The van der Waals surface area contributed by atoms with Crippen molar-refractivity contribution in [1.29, 1.82) is 0 Å². The first kappa shape index (κ1) is 17.0. The fourth-order valence-electron chi connectivity index (χ4n) is 2.52. The van der Waals surface area contributed by atoms with E-state index in [1.54, 1.807) is 18.4 Å². The summed E-state index contributed by atoms with van der Waals surface area (Å²) in [7, 11) is 0. The summed E-state index contributed by atoms with van der Waals surface area (Å²) in [6.45, 7) is 3.54. The van der Waals surface area contributed by atoms with E-state index >= 15 is 0 Å². The van der Waals surface area contributed by atoms with Crippen LogP contribution < -0.4 is 10.9 Å². The molecule has 2 aromatic rings. The minimum atomic E-state index is -0.542. The Hall–Kier alpha value is -1.86. The zero-order valence-corrected chi connectivity index (χ0v) is 14.7. The fraction of sp³-hybridized carbons (Fsp3) is 0.312. The lowest BCUT2D eigenvalue weighted by atomic mass is 10.2. The molecule has 24 heavy (non-hydrogen) atoms. The normalized spacial score (nSPS) is 16.1. The molecular formula is C16H15ClFN3O2S. The predicted octanol–water partition coefficient (Wildman–Crippen LogP) is 3.33. The third-order valence-electron chi connectivity index (χ3n) is 3.95. The third-order valence-corrected chi connectivity index (χ3v) is 5.33. The smallest absolute Gasteiger partial charge is 0.257 e. The molecule has 126 valence electrons. The van der Waals surface area contributed by atoms with Crippen LogP contribution in [0.15, 0.2) is 28.2 Å². The number of amides is 1. The van der Waals surface area contributed by atoms with Crippen molar-refractivity contribution in [3.05, 3.63) is 50.7 Å². The van der Waals surface area contributed by atoms with Gasteiger partial charge >= 0.3 is 0 Å². The van der Waals surface area contributed by atoms with Crippen LogP contribution in [0.1, 0.15) is 23.7 Å². The van der Waals surface area contributed by atoms with E-state index in [4.69, 9.17) is 11.6 Å². The molecule has 1 atom stereocenters. The van der Waals surface area contributed by atoms with Crippen molar-refractivity contribution >= 4 is 35.0 Å². The van der Waals surface area contributed by atoms with Gasteiger partial charge in [0.05, 0.1) is 11.1 Å². The summed E-state index contributed by atoms with van der Waals surface area (Å²) in [5, 5.41) is 3.27. The van der Waals surface area contributed by atoms with Crippen LogP contribution in [-0.4, -0.2) is 21.2 Å². The molecule has 1 aliphatic heterocycles. The van der Waals surface area contributed by atoms with Crippen LogP contribution in [0.2, 0.25) is 5.02 Å². The van der Waals surface area contributed by atoms with Gasteiger partial charge in [0.2, 0.25) is 5.91 Å².